The van der Waals surface area contributed by atoms with Crippen molar-refractivity contribution in [3.05, 3.63) is 87.7 Å². The Morgan fingerprint density at radius 2 is 1.69 bits per heavy atom. The van der Waals surface area contributed by atoms with E-state index in [4.69, 9.17) is 17.0 Å². The van der Waals surface area contributed by atoms with Crippen molar-refractivity contribution in [2.45, 2.75) is 27.7 Å². The van der Waals surface area contributed by atoms with Gasteiger partial charge in [-0.05, 0) is 93.0 Å². The number of para-hydroxylation sites is 1. The number of thiocarbonyl (C=S) groups is 1. The molecule has 1 fully saturated rings. The van der Waals surface area contributed by atoms with Gasteiger partial charge in [-0.2, -0.15) is 0 Å². The van der Waals surface area contributed by atoms with Gasteiger partial charge in [0.15, 0.2) is 5.11 Å². The van der Waals surface area contributed by atoms with E-state index in [9.17, 15) is 14.4 Å². The van der Waals surface area contributed by atoms with Gasteiger partial charge in [0.1, 0.15) is 5.57 Å². The summed E-state index contributed by atoms with van der Waals surface area (Å²) in [6, 6.07) is 14.6. The van der Waals surface area contributed by atoms with Crippen LogP contribution in [0.15, 0.2) is 54.1 Å². The summed E-state index contributed by atoms with van der Waals surface area (Å²) in [5.41, 5.74) is 6.22. The van der Waals surface area contributed by atoms with E-state index < -0.39 is 17.8 Å². The van der Waals surface area contributed by atoms with Crippen LogP contribution >= 0.6 is 12.2 Å². The molecule has 7 nitrogen and oxygen atoms in total. The Morgan fingerprint density at radius 3 is 2.34 bits per heavy atom. The SMILES string of the molecule is COC(=O)c1ccc(-n2c(C)cc(/C=C3\C(=O)NC(=S)N(c4ccccc4C)C3=O)c2C)c(C)c1. The number of aromatic nitrogens is 1. The van der Waals surface area contributed by atoms with Gasteiger partial charge in [0.25, 0.3) is 11.8 Å². The van der Waals surface area contributed by atoms with Crippen molar-refractivity contribution in [2.24, 2.45) is 0 Å². The molecule has 8 heteroatoms. The van der Waals surface area contributed by atoms with Crippen LogP contribution < -0.4 is 10.2 Å². The molecular formula is C27H25N3O4S. The number of carbonyl (C=O) groups excluding carboxylic acids is 3. The minimum atomic E-state index is -0.534. The molecule has 1 aliphatic rings. The summed E-state index contributed by atoms with van der Waals surface area (Å²) in [6.07, 6.45) is 1.60. The number of hydrogen-bond donors (Lipinski definition) is 1. The van der Waals surface area contributed by atoms with Crippen LogP contribution in [0.1, 0.15) is 38.4 Å². The summed E-state index contributed by atoms with van der Waals surface area (Å²) >= 11 is 5.32. The third-order valence-corrected chi connectivity index (χ3v) is 6.37. The van der Waals surface area contributed by atoms with Crippen molar-refractivity contribution < 1.29 is 19.1 Å². The Bertz CT molecular complexity index is 1430. The van der Waals surface area contributed by atoms with E-state index in [-0.39, 0.29) is 10.7 Å². The number of aryl methyl sites for hydroxylation is 3. The number of esters is 1. The summed E-state index contributed by atoms with van der Waals surface area (Å²) in [7, 11) is 1.35. The first-order valence-corrected chi connectivity index (χ1v) is 11.4. The van der Waals surface area contributed by atoms with Crippen LogP contribution in [-0.2, 0) is 14.3 Å². The molecule has 3 aromatic rings. The highest BCUT2D eigenvalue weighted by Crippen LogP contribution is 2.28. The van der Waals surface area contributed by atoms with Gasteiger partial charge in [-0.3, -0.25) is 19.8 Å². The predicted octanol–water partition coefficient (Wildman–Crippen LogP) is 4.33. The van der Waals surface area contributed by atoms with Gasteiger partial charge in [0.05, 0.1) is 18.4 Å². The highest BCUT2D eigenvalue weighted by atomic mass is 32.1. The summed E-state index contributed by atoms with van der Waals surface area (Å²) in [5.74, 6) is -1.41. The van der Waals surface area contributed by atoms with Gasteiger partial charge >= 0.3 is 5.97 Å². The summed E-state index contributed by atoms with van der Waals surface area (Å²) in [4.78, 5) is 39.4. The minimum Gasteiger partial charge on any atom is -0.465 e. The second-order valence-corrected chi connectivity index (χ2v) is 8.79. The number of benzene rings is 2. The molecule has 1 aromatic heterocycles. The molecular weight excluding hydrogens is 462 g/mol. The Balaban J connectivity index is 1.76. The van der Waals surface area contributed by atoms with Crippen LogP contribution in [0.25, 0.3) is 11.8 Å². The lowest BCUT2D eigenvalue weighted by Gasteiger charge is -2.30. The fraction of sp³-hybridized carbons (Fsp3) is 0.185. The Morgan fingerprint density at radius 1 is 0.971 bits per heavy atom. The van der Waals surface area contributed by atoms with Crippen molar-refractivity contribution in [2.75, 3.05) is 12.0 Å². The van der Waals surface area contributed by atoms with Gasteiger partial charge in [0, 0.05) is 17.1 Å². The highest BCUT2D eigenvalue weighted by Gasteiger charge is 2.35. The molecule has 1 saturated heterocycles. The number of ether oxygens (including phenoxy) is 1. The zero-order valence-electron chi connectivity index (χ0n) is 20.1. The van der Waals surface area contributed by atoms with Gasteiger partial charge < -0.3 is 9.30 Å². The van der Waals surface area contributed by atoms with Gasteiger partial charge in [0.2, 0.25) is 0 Å². The number of rotatable bonds is 4. The predicted molar refractivity (Wildman–Crippen MR) is 139 cm³/mol. The topological polar surface area (TPSA) is 80.6 Å². The number of hydrogen-bond acceptors (Lipinski definition) is 5. The zero-order chi connectivity index (χ0) is 25.4. The van der Waals surface area contributed by atoms with E-state index in [0.29, 0.717) is 11.3 Å². The lowest BCUT2D eigenvalue weighted by Crippen LogP contribution is -2.54. The lowest BCUT2D eigenvalue weighted by molar-refractivity contribution is -0.122. The molecule has 0 aliphatic carbocycles. The molecule has 2 heterocycles. The standard InChI is InChI=1S/C27H25N3O4S/c1-15-8-6-7-9-22(15)30-25(32)21(24(31)28-27(30)35)14-20-13-17(3)29(18(20)4)23-11-10-19(12-16(23)2)26(33)34-5/h6-14H,1-5H3,(H,28,31,35)/b21-14+. The van der Waals surface area contributed by atoms with Gasteiger partial charge in [-0.25, -0.2) is 4.79 Å². The molecule has 0 bridgehead atoms. The molecule has 178 valence electrons. The lowest BCUT2D eigenvalue weighted by atomic mass is 10.1. The summed E-state index contributed by atoms with van der Waals surface area (Å²) in [6.45, 7) is 7.66. The molecule has 2 aromatic carbocycles. The quantitative estimate of drug-likeness (QED) is 0.256. The van der Waals surface area contributed by atoms with Crippen LogP contribution in [0.2, 0.25) is 0 Å². The second-order valence-electron chi connectivity index (χ2n) is 8.40. The molecule has 0 radical (unpaired) electrons. The summed E-state index contributed by atoms with van der Waals surface area (Å²) < 4.78 is 6.84. The average Bonchev–Trinajstić information content (AvgIpc) is 3.09. The fourth-order valence-electron chi connectivity index (χ4n) is 4.30. The normalized spacial score (nSPS) is 14.9. The van der Waals surface area contributed by atoms with Gasteiger partial charge in [-0.1, -0.05) is 18.2 Å². The largest absolute Gasteiger partial charge is 0.465 e. The van der Waals surface area contributed by atoms with Crippen molar-refractivity contribution >= 4 is 46.9 Å². The first kappa shape index (κ1) is 24.1. The van der Waals surface area contributed by atoms with E-state index in [1.807, 2.05) is 62.6 Å². The zero-order valence-corrected chi connectivity index (χ0v) is 20.9. The van der Waals surface area contributed by atoms with Crippen molar-refractivity contribution in [1.29, 1.82) is 0 Å². The van der Waals surface area contributed by atoms with Gasteiger partial charge in [-0.15, -0.1) is 0 Å². The monoisotopic (exact) mass is 487 g/mol. The Hall–Kier alpha value is -4.04. The number of nitrogens with one attached hydrogen (secondary N) is 1. The number of anilines is 1. The van der Waals surface area contributed by atoms with Crippen LogP contribution in [0.5, 0.6) is 0 Å². The Kier molecular flexibility index (Phi) is 6.41. The molecule has 0 atom stereocenters. The maximum Gasteiger partial charge on any atom is 0.337 e. The minimum absolute atomic E-state index is 0.000126. The highest BCUT2D eigenvalue weighted by molar-refractivity contribution is 7.80. The second kappa shape index (κ2) is 9.31. The molecule has 0 unspecified atom stereocenters. The molecule has 1 aliphatic heterocycles. The Labute approximate surface area is 209 Å². The van der Waals surface area contributed by atoms with Crippen molar-refractivity contribution in [3.63, 3.8) is 0 Å². The summed E-state index contributed by atoms with van der Waals surface area (Å²) in [5, 5.41) is 2.69. The average molecular weight is 488 g/mol. The molecule has 0 saturated carbocycles. The molecule has 1 N–H and O–H groups in total. The first-order valence-electron chi connectivity index (χ1n) is 11.0. The third kappa shape index (κ3) is 4.28. The fourth-order valence-corrected chi connectivity index (χ4v) is 4.58. The van der Waals surface area contributed by atoms with E-state index in [0.717, 1.165) is 33.8 Å². The van der Waals surface area contributed by atoms with Crippen LogP contribution in [-0.4, -0.2) is 34.6 Å². The number of amides is 2. The van der Waals surface area contributed by atoms with Crippen molar-refractivity contribution in [3.8, 4) is 5.69 Å². The number of nitrogens with zero attached hydrogens (tertiary/aromatic N) is 2. The third-order valence-electron chi connectivity index (χ3n) is 6.09. The molecule has 0 spiro atoms. The number of carbonyl (C=O) groups is 3. The smallest absolute Gasteiger partial charge is 0.337 e. The van der Waals surface area contributed by atoms with E-state index in [1.165, 1.54) is 12.0 Å². The maximum atomic E-state index is 13.4. The van der Waals surface area contributed by atoms with Crippen LogP contribution in [0, 0.1) is 27.7 Å². The number of methoxy groups -OCH3 is 1. The molecule has 4 rings (SSSR count). The molecule has 35 heavy (non-hydrogen) atoms. The van der Waals surface area contributed by atoms with E-state index in [2.05, 4.69) is 5.32 Å². The molecule has 2 amide bonds. The van der Waals surface area contributed by atoms with Crippen LogP contribution in [0.3, 0.4) is 0 Å². The van der Waals surface area contributed by atoms with E-state index in [1.54, 1.807) is 24.3 Å². The maximum absolute atomic E-state index is 13.4. The first-order chi connectivity index (χ1) is 16.6. The van der Waals surface area contributed by atoms with Crippen LogP contribution in [0.4, 0.5) is 5.69 Å². The van der Waals surface area contributed by atoms with E-state index >= 15 is 0 Å². The van der Waals surface area contributed by atoms with Crippen molar-refractivity contribution in [1.82, 2.24) is 9.88 Å².